The standard InChI is InChI=1S/C9H8ClF3/c1-2-9(12,13)7-5-6(10)3-4-8(7)11/h3-5H,2H2,1H3. The maximum absolute atomic E-state index is 13.0. The van der Waals surface area contributed by atoms with Gasteiger partial charge in [0.2, 0.25) is 0 Å². The Kier molecular flexibility index (Phi) is 2.86. The molecule has 0 atom stereocenters. The second-order valence-corrected chi connectivity index (χ2v) is 3.12. The summed E-state index contributed by atoms with van der Waals surface area (Å²) in [5, 5.41) is 0.115. The van der Waals surface area contributed by atoms with Crippen molar-refractivity contribution in [2.75, 3.05) is 0 Å². The number of alkyl halides is 2. The van der Waals surface area contributed by atoms with Crippen molar-refractivity contribution >= 4 is 11.6 Å². The Morgan fingerprint density at radius 1 is 1.38 bits per heavy atom. The Labute approximate surface area is 79.3 Å². The third-order valence-electron chi connectivity index (χ3n) is 1.77. The lowest BCUT2D eigenvalue weighted by molar-refractivity contribution is -0.0117. The lowest BCUT2D eigenvalue weighted by Crippen LogP contribution is -2.13. The molecular weight excluding hydrogens is 201 g/mol. The molecule has 1 rings (SSSR count). The number of hydrogen-bond donors (Lipinski definition) is 0. The van der Waals surface area contributed by atoms with E-state index in [0.717, 1.165) is 12.1 Å². The van der Waals surface area contributed by atoms with Crippen molar-refractivity contribution in [3.8, 4) is 0 Å². The Hall–Kier alpha value is -0.700. The number of hydrogen-bond acceptors (Lipinski definition) is 0. The second kappa shape index (κ2) is 3.58. The molecule has 1 aromatic rings. The van der Waals surface area contributed by atoms with E-state index in [1.165, 1.54) is 13.0 Å². The minimum absolute atomic E-state index is 0.115. The summed E-state index contributed by atoms with van der Waals surface area (Å²) < 4.78 is 39.0. The fourth-order valence-corrected chi connectivity index (χ4v) is 1.14. The van der Waals surface area contributed by atoms with Gasteiger partial charge in [-0.15, -0.1) is 0 Å². The molecule has 4 heteroatoms. The normalized spacial score (nSPS) is 11.8. The summed E-state index contributed by atoms with van der Waals surface area (Å²) in [6.07, 6.45) is -0.440. The molecule has 0 radical (unpaired) electrons. The number of rotatable bonds is 2. The monoisotopic (exact) mass is 208 g/mol. The summed E-state index contributed by atoms with van der Waals surface area (Å²) in [7, 11) is 0. The summed E-state index contributed by atoms with van der Waals surface area (Å²) in [5.41, 5.74) is -0.637. The van der Waals surface area contributed by atoms with E-state index >= 15 is 0 Å². The SMILES string of the molecule is CCC(F)(F)c1cc(Cl)ccc1F. The lowest BCUT2D eigenvalue weighted by Gasteiger charge is -2.15. The largest absolute Gasteiger partial charge is 0.275 e. The van der Waals surface area contributed by atoms with Crippen LogP contribution in [0.5, 0.6) is 0 Å². The van der Waals surface area contributed by atoms with Gasteiger partial charge in [-0.3, -0.25) is 0 Å². The molecule has 0 unspecified atom stereocenters. The van der Waals surface area contributed by atoms with Gasteiger partial charge in [0.25, 0.3) is 5.92 Å². The maximum atomic E-state index is 13.0. The zero-order valence-corrected chi connectivity index (χ0v) is 7.71. The molecule has 0 bridgehead atoms. The Morgan fingerprint density at radius 2 is 2.00 bits per heavy atom. The van der Waals surface area contributed by atoms with Crippen LogP contribution in [0, 0.1) is 5.82 Å². The third-order valence-corrected chi connectivity index (χ3v) is 2.00. The fraction of sp³-hybridized carbons (Fsp3) is 0.333. The van der Waals surface area contributed by atoms with Crippen LogP contribution in [-0.2, 0) is 5.92 Å². The molecule has 0 saturated carbocycles. The van der Waals surface area contributed by atoms with Crippen molar-refractivity contribution in [1.29, 1.82) is 0 Å². The molecule has 0 N–H and O–H groups in total. The molecule has 72 valence electrons. The van der Waals surface area contributed by atoms with E-state index in [2.05, 4.69) is 0 Å². The fourth-order valence-electron chi connectivity index (χ4n) is 0.968. The number of halogens is 4. The molecule has 0 fully saturated rings. The summed E-state index contributed by atoms with van der Waals surface area (Å²) >= 11 is 5.48. The third kappa shape index (κ3) is 2.15. The van der Waals surface area contributed by atoms with Gasteiger partial charge in [-0.05, 0) is 18.2 Å². The smallest absolute Gasteiger partial charge is 0.206 e. The van der Waals surface area contributed by atoms with Gasteiger partial charge in [-0.1, -0.05) is 18.5 Å². The second-order valence-electron chi connectivity index (χ2n) is 2.68. The van der Waals surface area contributed by atoms with Crippen LogP contribution < -0.4 is 0 Å². The average molecular weight is 209 g/mol. The van der Waals surface area contributed by atoms with Gasteiger partial charge in [-0.2, -0.15) is 0 Å². The van der Waals surface area contributed by atoms with E-state index in [9.17, 15) is 13.2 Å². The summed E-state index contributed by atoms with van der Waals surface area (Å²) in [5.74, 6) is -4.06. The van der Waals surface area contributed by atoms with E-state index in [1.54, 1.807) is 0 Å². The minimum atomic E-state index is -3.14. The van der Waals surface area contributed by atoms with Crippen molar-refractivity contribution in [1.82, 2.24) is 0 Å². The van der Waals surface area contributed by atoms with Crippen molar-refractivity contribution in [3.63, 3.8) is 0 Å². The van der Waals surface area contributed by atoms with Crippen LogP contribution in [0.25, 0.3) is 0 Å². The van der Waals surface area contributed by atoms with Crippen LogP contribution in [0.1, 0.15) is 18.9 Å². The average Bonchev–Trinajstić information content (AvgIpc) is 2.09. The van der Waals surface area contributed by atoms with E-state index < -0.39 is 23.7 Å². The van der Waals surface area contributed by atoms with Crippen LogP contribution in [0.2, 0.25) is 5.02 Å². The van der Waals surface area contributed by atoms with Gasteiger partial charge in [0, 0.05) is 11.4 Å². The van der Waals surface area contributed by atoms with E-state index in [4.69, 9.17) is 11.6 Å². The first-order chi connectivity index (χ1) is 5.97. The van der Waals surface area contributed by atoms with E-state index in [1.807, 2.05) is 0 Å². The maximum Gasteiger partial charge on any atom is 0.275 e. The van der Waals surface area contributed by atoms with Crippen LogP contribution in [-0.4, -0.2) is 0 Å². The minimum Gasteiger partial charge on any atom is -0.206 e. The van der Waals surface area contributed by atoms with E-state index in [-0.39, 0.29) is 5.02 Å². The van der Waals surface area contributed by atoms with Gasteiger partial charge in [0.1, 0.15) is 5.82 Å². The lowest BCUT2D eigenvalue weighted by atomic mass is 10.1. The molecule has 0 nitrogen and oxygen atoms in total. The first-order valence-corrected chi connectivity index (χ1v) is 4.18. The van der Waals surface area contributed by atoms with Crippen molar-refractivity contribution in [3.05, 3.63) is 34.6 Å². The first kappa shape index (κ1) is 10.4. The predicted octanol–water partition coefficient (Wildman–Crippen LogP) is 3.98. The highest BCUT2D eigenvalue weighted by atomic mass is 35.5. The highest BCUT2D eigenvalue weighted by Crippen LogP contribution is 2.34. The summed E-state index contributed by atoms with van der Waals surface area (Å²) in [6.45, 7) is 1.29. The molecule has 1 aromatic carbocycles. The topological polar surface area (TPSA) is 0 Å². The highest BCUT2D eigenvalue weighted by molar-refractivity contribution is 6.30. The zero-order valence-electron chi connectivity index (χ0n) is 6.95. The van der Waals surface area contributed by atoms with Gasteiger partial charge >= 0.3 is 0 Å². The Morgan fingerprint density at radius 3 is 2.54 bits per heavy atom. The van der Waals surface area contributed by atoms with Gasteiger partial charge < -0.3 is 0 Å². The molecule has 0 aromatic heterocycles. The molecular formula is C9H8ClF3. The Bertz CT molecular complexity index is 310. The molecule has 0 aliphatic heterocycles. The van der Waals surface area contributed by atoms with E-state index in [0.29, 0.717) is 0 Å². The summed E-state index contributed by atoms with van der Waals surface area (Å²) in [4.78, 5) is 0. The van der Waals surface area contributed by atoms with Gasteiger partial charge in [-0.25, -0.2) is 13.2 Å². The van der Waals surface area contributed by atoms with Crippen molar-refractivity contribution < 1.29 is 13.2 Å². The van der Waals surface area contributed by atoms with Crippen LogP contribution in [0.3, 0.4) is 0 Å². The molecule has 0 aliphatic rings. The summed E-state index contributed by atoms with van der Waals surface area (Å²) in [6, 6.07) is 3.15. The quantitative estimate of drug-likeness (QED) is 0.690. The van der Waals surface area contributed by atoms with Crippen LogP contribution in [0.15, 0.2) is 18.2 Å². The molecule has 0 spiro atoms. The van der Waals surface area contributed by atoms with Crippen LogP contribution in [0.4, 0.5) is 13.2 Å². The first-order valence-electron chi connectivity index (χ1n) is 3.80. The Balaban J connectivity index is 3.20. The van der Waals surface area contributed by atoms with Gasteiger partial charge in [0.15, 0.2) is 0 Å². The molecule has 13 heavy (non-hydrogen) atoms. The van der Waals surface area contributed by atoms with Crippen LogP contribution >= 0.6 is 11.6 Å². The predicted molar refractivity (Wildman–Crippen MR) is 45.6 cm³/mol. The van der Waals surface area contributed by atoms with Crippen molar-refractivity contribution in [2.24, 2.45) is 0 Å². The molecule has 0 amide bonds. The highest BCUT2D eigenvalue weighted by Gasteiger charge is 2.32. The van der Waals surface area contributed by atoms with Gasteiger partial charge in [0.05, 0.1) is 5.56 Å². The zero-order chi connectivity index (χ0) is 10.1. The molecule has 0 aliphatic carbocycles. The van der Waals surface area contributed by atoms with Crippen molar-refractivity contribution in [2.45, 2.75) is 19.3 Å². The molecule has 0 saturated heterocycles. The number of benzene rings is 1. The molecule has 0 heterocycles.